The van der Waals surface area contributed by atoms with E-state index < -0.39 is 0 Å². The molecule has 0 saturated carbocycles. The summed E-state index contributed by atoms with van der Waals surface area (Å²) in [6, 6.07) is 9.19. The zero-order valence-electron chi connectivity index (χ0n) is 11.5. The number of benzene rings is 1. The predicted molar refractivity (Wildman–Crippen MR) is 80.7 cm³/mol. The van der Waals surface area contributed by atoms with Crippen LogP contribution in [0.25, 0.3) is 16.1 Å². The van der Waals surface area contributed by atoms with Crippen LogP contribution in [-0.2, 0) is 11.3 Å². The molecule has 6 heteroatoms. The summed E-state index contributed by atoms with van der Waals surface area (Å²) in [6.07, 6.45) is 1.72. The lowest BCUT2D eigenvalue weighted by Crippen LogP contribution is -2.41. The van der Waals surface area contributed by atoms with Crippen molar-refractivity contribution in [1.29, 1.82) is 0 Å². The number of aromatic nitrogens is 2. The van der Waals surface area contributed by atoms with Gasteiger partial charge in [-0.15, -0.1) is 0 Å². The Labute approximate surface area is 125 Å². The number of aromatic hydroxyl groups is 1. The van der Waals surface area contributed by atoms with Crippen molar-refractivity contribution < 1.29 is 14.4 Å². The largest absolute Gasteiger partial charge is 0.477 e. The van der Waals surface area contributed by atoms with Gasteiger partial charge < -0.3 is 9.84 Å². The number of thiazole rings is 1. The smallest absolute Gasteiger partial charge is 0.355 e. The van der Waals surface area contributed by atoms with Gasteiger partial charge in [0.05, 0.1) is 6.61 Å². The van der Waals surface area contributed by atoms with Gasteiger partial charge in [-0.2, -0.15) is 8.97 Å². The number of methoxy groups -OCH3 is 1. The molecule has 3 rings (SSSR count). The van der Waals surface area contributed by atoms with Gasteiger partial charge in [0, 0.05) is 12.5 Å². The van der Waals surface area contributed by atoms with Gasteiger partial charge in [-0.3, -0.25) is 0 Å². The van der Waals surface area contributed by atoms with Crippen molar-refractivity contribution in [3.8, 4) is 17.0 Å². The third-order valence-corrected chi connectivity index (χ3v) is 4.20. The number of rotatable bonds is 4. The Kier molecular flexibility index (Phi) is 3.72. The monoisotopic (exact) mass is 303 g/mol. The lowest BCUT2D eigenvalue weighted by molar-refractivity contribution is -0.679. The number of fused-ring (bicyclic) bond motifs is 1. The van der Waals surface area contributed by atoms with Crippen molar-refractivity contribution in [2.75, 3.05) is 13.7 Å². The zero-order chi connectivity index (χ0) is 14.8. The quantitative estimate of drug-likeness (QED) is 0.746. The Balaban J connectivity index is 2.32. The fourth-order valence-electron chi connectivity index (χ4n) is 2.30. The Morgan fingerprint density at radius 3 is 2.81 bits per heavy atom. The first-order valence-corrected chi connectivity index (χ1v) is 7.41. The molecule has 0 aliphatic carbocycles. The molecule has 0 bridgehead atoms. The van der Waals surface area contributed by atoms with Crippen molar-refractivity contribution in [2.45, 2.75) is 6.54 Å². The molecule has 0 aliphatic rings. The topological polar surface area (TPSA) is 54.8 Å². The van der Waals surface area contributed by atoms with Gasteiger partial charge in [0.1, 0.15) is 12.7 Å². The second-order valence-corrected chi connectivity index (χ2v) is 5.44. The summed E-state index contributed by atoms with van der Waals surface area (Å²) in [5, 5.41) is 12.4. The fourth-order valence-corrected chi connectivity index (χ4v) is 3.17. The summed E-state index contributed by atoms with van der Waals surface area (Å²) < 4.78 is 8.35. The summed E-state index contributed by atoms with van der Waals surface area (Å²) in [6.45, 7) is 0.935. The highest BCUT2D eigenvalue weighted by atomic mass is 32.1. The molecule has 0 amide bonds. The molecule has 0 saturated heterocycles. The lowest BCUT2D eigenvalue weighted by Gasteiger charge is -2.07. The van der Waals surface area contributed by atoms with E-state index in [-0.39, 0.29) is 11.4 Å². The van der Waals surface area contributed by atoms with Crippen LogP contribution in [0.3, 0.4) is 0 Å². The molecule has 0 radical (unpaired) electrons. The van der Waals surface area contributed by atoms with E-state index in [9.17, 15) is 9.90 Å². The van der Waals surface area contributed by atoms with Crippen LogP contribution in [0.15, 0.2) is 46.7 Å². The average Bonchev–Trinajstić information content (AvgIpc) is 2.98. The molecular formula is C15H15N2O3S+. The molecule has 1 N–H and O–H groups in total. The number of nitrogens with zero attached hydrogens (tertiary/aromatic N) is 2. The van der Waals surface area contributed by atoms with Gasteiger partial charge in [-0.1, -0.05) is 41.7 Å². The van der Waals surface area contributed by atoms with Crippen molar-refractivity contribution in [2.24, 2.45) is 0 Å². The average molecular weight is 303 g/mol. The SMILES string of the molecule is COCC[n+]1c(O)c(-c2ccccc2)c(=O)n2ccsc21. The molecule has 21 heavy (non-hydrogen) atoms. The van der Waals surface area contributed by atoms with E-state index in [1.54, 1.807) is 22.3 Å². The van der Waals surface area contributed by atoms with Crippen molar-refractivity contribution in [3.63, 3.8) is 0 Å². The van der Waals surface area contributed by atoms with Gasteiger partial charge >= 0.3 is 10.5 Å². The van der Waals surface area contributed by atoms with Crippen LogP contribution in [0.4, 0.5) is 0 Å². The van der Waals surface area contributed by atoms with E-state index in [1.807, 2.05) is 35.7 Å². The van der Waals surface area contributed by atoms with Crippen LogP contribution in [0.5, 0.6) is 5.88 Å². The van der Waals surface area contributed by atoms with Crippen molar-refractivity contribution in [1.82, 2.24) is 4.40 Å². The van der Waals surface area contributed by atoms with E-state index in [2.05, 4.69) is 0 Å². The first kappa shape index (κ1) is 13.8. The van der Waals surface area contributed by atoms with E-state index in [1.165, 1.54) is 11.3 Å². The van der Waals surface area contributed by atoms with Gasteiger partial charge in [-0.05, 0) is 5.56 Å². The molecular weight excluding hydrogens is 288 g/mol. The first-order valence-electron chi connectivity index (χ1n) is 6.53. The van der Waals surface area contributed by atoms with Crippen LogP contribution < -0.4 is 10.1 Å². The van der Waals surface area contributed by atoms with Crippen LogP contribution in [0, 0.1) is 0 Å². The fraction of sp³-hybridized carbons (Fsp3) is 0.200. The van der Waals surface area contributed by atoms with Gasteiger partial charge in [0.2, 0.25) is 0 Å². The maximum atomic E-state index is 12.6. The molecule has 0 unspecified atom stereocenters. The summed E-state index contributed by atoms with van der Waals surface area (Å²) in [7, 11) is 1.61. The number of hydrogen-bond donors (Lipinski definition) is 1. The third kappa shape index (κ3) is 2.32. The Hall–Kier alpha value is -2.18. The Morgan fingerprint density at radius 1 is 1.33 bits per heavy atom. The molecule has 2 aromatic heterocycles. The maximum Gasteiger partial charge on any atom is 0.355 e. The first-order chi connectivity index (χ1) is 10.2. The second kappa shape index (κ2) is 5.67. The molecule has 0 atom stereocenters. The van der Waals surface area contributed by atoms with E-state index in [0.717, 1.165) is 0 Å². The van der Waals surface area contributed by atoms with Gasteiger partial charge in [-0.25, -0.2) is 4.79 Å². The molecule has 5 nitrogen and oxygen atoms in total. The third-order valence-electron chi connectivity index (χ3n) is 3.31. The molecule has 1 aromatic carbocycles. The van der Waals surface area contributed by atoms with Gasteiger partial charge in [0.25, 0.3) is 5.88 Å². The van der Waals surface area contributed by atoms with Crippen LogP contribution in [0.1, 0.15) is 0 Å². The van der Waals surface area contributed by atoms with E-state index in [0.29, 0.717) is 29.2 Å². The Bertz CT molecular complexity index is 824. The number of ether oxygens (including phenoxy) is 1. The minimum Gasteiger partial charge on any atom is -0.477 e. The highest BCUT2D eigenvalue weighted by Crippen LogP contribution is 2.23. The molecule has 0 fully saturated rings. The van der Waals surface area contributed by atoms with Crippen LogP contribution in [-0.4, -0.2) is 23.2 Å². The van der Waals surface area contributed by atoms with E-state index >= 15 is 0 Å². The Morgan fingerprint density at radius 2 is 2.10 bits per heavy atom. The highest BCUT2D eigenvalue weighted by Gasteiger charge is 2.25. The van der Waals surface area contributed by atoms with Gasteiger partial charge in [0.15, 0.2) is 5.56 Å². The summed E-state index contributed by atoms with van der Waals surface area (Å²) in [5.74, 6) is -0.0225. The summed E-state index contributed by atoms with van der Waals surface area (Å²) >= 11 is 1.41. The number of hydrogen-bond acceptors (Lipinski definition) is 4. The van der Waals surface area contributed by atoms with Crippen molar-refractivity contribution in [3.05, 3.63) is 52.3 Å². The molecule has 0 aliphatic heterocycles. The lowest BCUT2D eigenvalue weighted by atomic mass is 10.1. The maximum absolute atomic E-state index is 12.6. The normalized spacial score (nSPS) is 11.1. The zero-order valence-corrected chi connectivity index (χ0v) is 12.3. The molecule has 3 aromatic rings. The van der Waals surface area contributed by atoms with Crippen LogP contribution in [0.2, 0.25) is 0 Å². The van der Waals surface area contributed by atoms with Crippen molar-refractivity contribution >= 4 is 16.3 Å². The molecule has 2 heterocycles. The highest BCUT2D eigenvalue weighted by molar-refractivity contribution is 7.14. The van der Waals surface area contributed by atoms with Crippen LogP contribution >= 0.6 is 11.3 Å². The summed E-state index contributed by atoms with van der Waals surface area (Å²) in [4.78, 5) is 13.3. The van der Waals surface area contributed by atoms with E-state index in [4.69, 9.17) is 4.74 Å². The minimum atomic E-state index is -0.219. The second-order valence-electron chi connectivity index (χ2n) is 4.57. The molecule has 108 valence electrons. The standard InChI is InChI=1S/C15H14N2O3S/c1-20-9-7-16-13(18)12(11-5-3-2-4-6-11)14(19)17-8-10-21-15(16)17/h2-6,8,10H,7,9H2,1H3/p+1. The predicted octanol–water partition coefficient (Wildman–Crippen LogP) is 1.67. The molecule has 0 spiro atoms. The summed E-state index contributed by atoms with van der Waals surface area (Å²) in [5.41, 5.74) is 0.790. The minimum absolute atomic E-state index is 0.0225.